The minimum atomic E-state index is -0.610. The van der Waals surface area contributed by atoms with E-state index < -0.39 is 22.7 Å². The van der Waals surface area contributed by atoms with Crippen molar-refractivity contribution in [2.75, 3.05) is 23.0 Å². The first-order chi connectivity index (χ1) is 22.7. The van der Waals surface area contributed by atoms with Crippen LogP contribution in [-0.4, -0.2) is 46.1 Å². The molecule has 0 amide bonds. The Kier molecular flexibility index (Phi) is 11.0. The Morgan fingerprint density at radius 3 is 1.43 bits per heavy atom. The van der Waals surface area contributed by atoms with Crippen LogP contribution in [0, 0.1) is 23.7 Å². The lowest BCUT2D eigenvalue weighted by molar-refractivity contribution is -0.137. The molecule has 6 rings (SSSR count). The third kappa shape index (κ3) is 7.05. The van der Waals surface area contributed by atoms with E-state index in [9.17, 15) is 19.2 Å². The van der Waals surface area contributed by atoms with Gasteiger partial charge in [-0.05, 0) is 94.6 Å². The fraction of sp³-hybridized carbons (Fsp3) is 0.500. The fourth-order valence-electron chi connectivity index (χ4n) is 8.35. The van der Waals surface area contributed by atoms with Crippen molar-refractivity contribution in [2.45, 2.75) is 76.0 Å². The predicted molar refractivity (Wildman–Crippen MR) is 197 cm³/mol. The minimum absolute atomic E-state index is 0.0194. The van der Waals surface area contributed by atoms with E-state index in [1.54, 1.807) is 35.7 Å². The molecule has 2 fully saturated rings. The maximum absolute atomic E-state index is 13.7. The Morgan fingerprint density at radius 2 is 1.02 bits per heavy atom. The number of unbranched alkanes of at least 4 members (excludes halogenated alkanes) is 2. The number of allylic oxidation sites excluding steroid dienone is 4. The second kappa shape index (κ2) is 15.0. The Morgan fingerprint density at radius 1 is 0.617 bits per heavy atom. The lowest BCUT2D eigenvalue weighted by Crippen LogP contribution is -2.46. The minimum Gasteiger partial charge on any atom is -0.298 e. The first-order valence-corrected chi connectivity index (χ1v) is 20.4. The molecule has 7 heteroatoms. The highest BCUT2D eigenvalue weighted by atomic mass is 32.2. The standard InChI is InChI=1S/C40H46O4S3/c1-39(27-13-5-3-6-14-27,35-31(41)25-33-29(37(35)43)17-23-46-33)19-9-11-21-45-22-12-10-20-40(2,28-15-7-4-8-16-28)36-32(42)26-34-30(38(36)44)18-24-47-34/h3-8,13-16,25-26,29-30,35-36H,9-12,17-24H2,1-2H3. The van der Waals surface area contributed by atoms with Crippen molar-refractivity contribution >= 4 is 58.4 Å². The largest absolute Gasteiger partial charge is 0.298 e. The van der Waals surface area contributed by atoms with E-state index in [2.05, 4.69) is 38.1 Å². The van der Waals surface area contributed by atoms with Gasteiger partial charge in [0.25, 0.3) is 0 Å². The van der Waals surface area contributed by atoms with Crippen LogP contribution in [0.2, 0.25) is 0 Å². The van der Waals surface area contributed by atoms with Gasteiger partial charge in [-0.1, -0.05) is 87.4 Å². The van der Waals surface area contributed by atoms with Gasteiger partial charge in [-0.15, -0.1) is 23.5 Å². The molecule has 0 spiro atoms. The number of ketones is 4. The van der Waals surface area contributed by atoms with Crippen LogP contribution in [0.3, 0.4) is 0 Å². The molecule has 2 aliphatic carbocycles. The maximum atomic E-state index is 13.7. The predicted octanol–water partition coefficient (Wildman–Crippen LogP) is 8.79. The van der Waals surface area contributed by atoms with Gasteiger partial charge in [-0.2, -0.15) is 11.8 Å². The van der Waals surface area contributed by atoms with E-state index >= 15 is 0 Å². The van der Waals surface area contributed by atoms with Crippen molar-refractivity contribution in [3.05, 3.63) is 93.8 Å². The van der Waals surface area contributed by atoms with Crippen LogP contribution in [0.5, 0.6) is 0 Å². The Balaban J connectivity index is 1.02. The summed E-state index contributed by atoms with van der Waals surface area (Å²) in [7, 11) is 0. The van der Waals surface area contributed by atoms with Crippen LogP contribution in [-0.2, 0) is 30.0 Å². The number of benzene rings is 2. The number of fused-ring (bicyclic) bond motifs is 2. The third-order valence-electron chi connectivity index (χ3n) is 11.0. The zero-order chi connectivity index (χ0) is 33.0. The Hall–Kier alpha value is -2.35. The van der Waals surface area contributed by atoms with Gasteiger partial charge in [-0.25, -0.2) is 0 Å². The van der Waals surface area contributed by atoms with Crippen LogP contribution in [0.25, 0.3) is 0 Å². The first-order valence-electron chi connectivity index (χ1n) is 17.3. The molecule has 0 radical (unpaired) electrons. The molecule has 0 saturated carbocycles. The zero-order valence-corrected chi connectivity index (χ0v) is 30.0. The summed E-state index contributed by atoms with van der Waals surface area (Å²) in [5.74, 6) is 2.68. The van der Waals surface area contributed by atoms with Gasteiger partial charge < -0.3 is 0 Å². The molecule has 2 aromatic carbocycles. The van der Waals surface area contributed by atoms with E-state index in [0.717, 1.165) is 95.3 Å². The molecule has 2 heterocycles. The summed E-state index contributed by atoms with van der Waals surface area (Å²) in [5, 5.41) is 0. The topological polar surface area (TPSA) is 68.3 Å². The van der Waals surface area contributed by atoms with E-state index in [1.165, 1.54) is 0 Å². The number of hydrogen-bond acceptors (Lipinski definition) is 7. The number of Topliss-reactive ketones (excluding diaryl/α,β-unsaturated/α-hetero) is 2. The van der Waals surface area contributed by atoms with Gasteiger partial charge >= 0.3 is 0 Å². The summed E-state index contributed by atoms with van der Waals surface area (Å²) in [6, 6.07) is 20.4. The van der Waals surface area contributed by atoms with Crippen LogP contribution in [0.15, 0.2) is 82.6 Å². The average molecular weight is 687 g/mol. The number of carbonyl (C=O) groups is 4. The third-order valence-corrected chi connectivity index (χ3v) is 14.5. The zero-order valence-electron chi connectivity index (χ0n) is 27.6. The van der Waals surface area contributed by atoms with Gasteiger partial charge in [0.05, 0.1) is 23.7 Å². The SMILES string of the molecule is CC(CCCCSCCCCC(C)(c1ccccc1)C1C(=O)C=C2SCCC2C1=O)(c1ccccc1)C1C(=O)C=C2SCCC2C1=O. The molecule has 6 unspecified atom stereocenters. The summed E-state index contributed by atoms with van der Waals surface area (Å²) >= 11 is 5.29. The molecule has 4 aliphatic rings. The molecule has 4 nitrogen and oxygen atoms in total. The van der Waals surface area contributed by atoms with Crippen LogP contribution in [0.1, 0.15) is 76.3 Å². The van der Waals surface area contributed by atoms with Crippen molar-refractivity contribution in [3.8, 4) is 0 Å². The average Bonchev–Trinajstić information content (AvgIpc) is 3.75. The van der Waals surface area contributed by atoms with Crippen molar-refractivity contribution in [3.63, 3.8) is 0 Å². The van der Waals surface area contributed by atoms with Crippen molar-refractivity contribution in [1.29, 1.82) is 0 Å². The van der Waals surface area contributed by atoms with Gasteiger partial charge in [0.15, 0.2) is 23.1 Å². The molecule has 6 atom stereocenters. The normalized spacial score (nSPS) is 26.7. The van der Waals surface area contributed by atoms with Crippen molar-refractivity contribution in [1.82, 2.24) is 0 Å². The van der Waals surface area contributed by atoms with Gasteiger partial charge in [-0.3, -0.25) is 19.2 Å². The highest BCUT2D eigenvalue weighted by molar-refractivity contribution is 8.03. The molecule has 2 aliphatic heterocycles. The molecule has 0 N–H and O–H groups in total. The van der Waals surface area contributed by atoms with E-state index in [-0.39, 0.29) is 35.0 Å². The van der Waals surface area contributed by atoms with Crippen molar-refractivity contribution < 1.29 is 19.2 Å². The molecular weight excluding hydrogens is 641 g/mol. The van der Waals surface area contributed by atoms with E-state index in [4.69, 9.17) is 0 Å². The lowest BCUT2D eigenvalue weighted by atomic mass is 9.62. The first kappa shape index (κ1) is 34.5. The van der Waals surface area contributed by atoms with Gasteiger partial charge in [0, 0.05) is 10.8 Å². The smallest absolute Gasteiger partial charge is 0.167 e. The summed E-state index contributed by atoms with van der Waals surface area (Å²) in [6.45, 7) is 4.26. The Bertz CT molecular complexity index is 1430. The number of rotatable bonds is 14. The molecular formula is C40H46O4S3. The molecule has 47 heavy (non-hydrogen) atoms. The number of carbonyl (C=O) groups excluding carboxylic acids is 4. The van der Waals surface area contributed by atoms with E-state index in [0.29, 0.717) is 0 Å². The fourth-order valence-corrected chi connectivity index (χ4v) is 11.8. The molecule has 0 bridgehead atoms. The second-order valence-electron chi connectivity index (χ2n) is 14.0. The molecule has 2 aromatic rings. The van der Waals surface area contributed by atoms with Crippen LogP contribution in [0.4, 0.5) is 0 Å². The van der Waals surface area contributed by atoms with E-state index in [1.807, 2.05) is 48.2 Å². The quantitative estimate of drug-likeness (QED) is 0.145. The summed E-state index contributed by atoms with van der Waals surface area (Å²) < 4.78 is 0. The highest BCUT2D eigenvalue weighted by Gasteiger charge is 2.51. The van der Waals surface area contributed by atoms with Crippen molar-refractivity contribution in [2.24, 2.45) is 23.7 Å². The van der Waals surface area contributed by atoms with Gasteiger partial charge in [0.1, 0.15) is 0 Å². The Labute approximate surface area is 292 Å². The number of hydrogen-bond donors (Lipinski definition) is 0. The summed E-state index contributed by atoms with van der Waals surface area (Å²) in [5.41, 5.74) is 1.13. The molecule has 248 valence electrons. The summed E-state index contributed by atoms with van der Waals surface area (Å²) in [6.07, 6.45) is 10.8. The maximum Gasteiger partial charge on any atom is 0.167 e. The van der Waals surface area contributed by atoms with Gasteiger partial charge in [0.2, 0.25) is 0 Å². The molecule has 0 aromatic heterocycles. The molecule has 2 saturated heterocycles. The highest BCUT2D eigenvalue weighted by Crippen LogP contribution is 2.49. The lowest BCUT2D eigenvalue weighted by Gasteiger charge is -2.39. The summed E-state index contributed by atoms with van der Waals surface area (Å²) in [4.78, 5) is 56.1. The second-order valence-corrected chi connectivity index (χ2v) is 17.6. The number of thioether (sulfide) groups is 3. The van der Waals surface area contributed by atoms with Crippen LogP contribution < -0.4 is 0 Å². The van der Waals surface area contributed by atoms with Crippen LogP contribution >= 0.6 is 35.3 Å². The monoisotopic (exact) mass is 686 g/mol.